The molecule has 1 nitrogen and oxygen atoms in total. The molecule has 4 heteroatoms. The van der Waals surface area contributed by atoms with Crippen LogP contribution >= 0.6 is 47.8 Å². The van der Waals surface area contributed by atoms with Crippen molar-refractivity contribution in [2.24, 2.45) is 5.41 Å². The second kappa shape index (κ2) is 5.69. The SMILES string of the molecule is Brc1ccc(OC2CC(Br)C23CCCCC3)c(Br)c1. The fourth-order valence-corrected chi connectivity index (χ4v) is 5.67. The second-order valence-corrected chi connectivity index (χ2v) is 8.55. The first-order valence-corrected chi connectivity index (χ1v) is 9.38. The Kier molecular flexibility index (Phi) is 4.31. The number of hydrogen-bond acceptors (Lipinski definition) is 1. The lowest BCUT2D eigenvalue weighted by molar-refractivity contribution is -0.0604. The standard InChI is InChI=1S/C15H17Br3O/c16-10-4-5-12(11(17)8-10)19-14-9-13(18)15(14)6-2-1-3-7-15/h4-5,8,13-14H,1-3,6-7,9H2. The minimum absolute atomic E-state index is 0.370. The molecule has 3 rings (SSSR count). The van der Waals surface area contributed by atoms with Gasteiger partial charge in [-0.2, -0.15) is 0 Å². The third-order valence-corrected chi connectivity index (χ3v) is 7.03. The Labute approximate surface area is 139 Å². The van der Waals surface area contributed by atoms with Crippen molar-refractivity contribution in [3.05, 3.63) is 27.1 Å². The van der Waals surface area contributed by atoms with Crippen molar-refractivity contribution in [1.29, 1.82) is 0 Å². The highest BCUT2D eigenvalue weighted by atomic mass is 79.9. The van der Waals surface area contributed by atoms with E-state index < -0.39 is 0 Å². The number of hydrogen-bond donors (Lipinski definition) is 0. The van der Waals surface area contributed by atoms with Crippen LogP contribution in [0.4, 0.5) is 0 Å². The van der Waals surface area contributed by atoms with Crippen LogP contribution in [0, 0.1) is 5.41 Å². The van der Waals surface area contributed by atoms with Gasteiger partial charge in [0.1, 0.15) is 11.9 Å². The summed E-state index contributed by atoms with van der Waals surface area (Å²) in [5.74, 6) is 0.970. The fourth-order valence-electron chi connectivity index (χ4n) is 3.43. The van der Waals surface area contributed by atoms with Crippen LogP contribution in [0.2, 0.25) is 0 Å². The van der Waals surface area contributed by atoms with Crippen molar-refractivity contribution < 1.29 is 4.74 Å². The van der Waals surface area contributed by atoms with Crippen LogP contribution in [0.5, 0.6) is 5.75 Å². The van der Waals surface area contributed by atoms with Gasteiger partial charge in [0, 0.05) is 14.7 Å². The molecule has 0 heterocycles. The quantitative estimate of drug-likeness (QED) is 0.494. The summed E-state index contributed by atoms with van der Waals surface area (Å²) in [6.45, 7) is 0. The van der Waals surface area contributed by atoms with Crippen molar-refractivity contribution in [3.63, 3.8) is 0 Å². The van der Waals surface area contributed by atoms with Gasteiger partial charge in [0.15, 0.2) is 0 Å². The zero-order valence-corrected chi connectivity index (χ0v) is 15.4. The smallest absolute Gasteiger partial charge is 0.134 e. The summed E-state index contributed by atoms with van der Waals surface area (Å²) < 4.78 is 8.41. The Morgan fingerprint density at radius 3 is 2.47 bits per heavy atom. The molecule has 2 saturated carbocycles. The summed E-state index contributed by atoms with van der Waals surface area (Å²) in [5.41, 5.74) is 0.380. The van der Waals surface area contributed by atoms with Crippen molar-refractivity contribution in [2.75, 3.05) is 0 Å². The monoisotopic (exact) mass is 450 g/mol. The molecule has 2 atom stereocenters. The summed E-state index contributed by atoms with van der Waals surface area (Å²) in [6.07, 6.45) is 8.20. The van der Waals surface area contributed by atoms with Crippen molar-refractivity contribution in [3.8, 4) is 5.75 Å². The van der Waals surface area contributed by atoms with Gasteiger partial charge in [0.05, 0.1) is 4.47 Å². The number of benzene rings is 1. The highest BCUT2D eigenvalue weighted by Crippen LogP contribution is 2.56. The van der Waals surface area contributed by atoms with Crippen LogP contribution in [-0.4, -0.2) is 10.9 Å². The lowest BCUT2D eigenvalue weighted by Crippen LogP contribution is -2.57. The molecule has 2 unspecified atom stereocenters. The maximum absolute atomic E-state index is 6.30. The molecule has 0 radical (unpaired) electrons. The van der Waals surface area contributed by atoms with E-state index in [1.54, 1.807) is 0 Å². The first-order chi connectivity index (χ1) is 9.12. The molecule has 19 heavy (non-hydrogen) atoms. The summed E-state index contributed by atoms with van der Waals surface area (Å²) >= 11 is 10.9. The zero-order chi connectivity index (χ0) is 13.5. The molecule has 2 aliphatic rings. The molecule has 0 aliphatic heterocycles. The Bertz CT molecular complexity index is 468. The first-order valence-electron chi connectivity index (χ1n) is 6.87. The fraction of sp³-hybridized carbons (Fsp3) is 0.600. The van der Waals surface area contributed by atoms with Gasteiger partial charge in [-0.1, -0.05) is 51.1 Å². The average molecular weight is 453 g/mol. The molecule has 1 aromatic carbocycles. The molecular weight excluding hydrogens is 436 g/mol. The maximum atomic E-state index is 6.30. The average Bonchev–Trinajstić information content (AvgIpc) is 2.42. The molecule has 0 aromatic heterocycles. The van der Waals surface area contributed by atoms with Crippen LogP contribution in [0.1, 0.15) is 38.5 Å². The third kappa shape index (κ3) is 2.65. The van der Waals surface area contributed by atoms with Gasteiger partial charge in [-0.15, -0.1) is 0 Å². The van der Waals surface area contributed by atoms with Gasteiger partial charge in [0.25, 0.3) is 0 Å². The topological polar surface area (TPSA) is 9.23 Å². The predicted molar refractivity (Wildman–Crippen MR) is 89.1 cm³/mol. The van der Waals surface area contributed by atoms with Crippen molar-refractivity contribution in [1.82, 2.24) is 0 Å². The number of rotatable bonds is 2. The first kappa shape index (κ1) is 14.4. The summed E-state index contributed by atoms with van der Waals surface area (Å²) in [7, 11) is 0. The highest BCUT2D eigenvalue weighted by molar-refractivity contribution is 9.11. The largest absolute Gasteiger partial charge is 0.489 e. The lowest BCUT2D eigenvalue weighted by atomic mass is 9.58. The molecule has 1 aromatic rings. The lowest BCUT2D eigenvalue weighted by Gasteiger charge is -2.55. The van der Waals surface area contributed by atoms with Crippen LogP contribution in [0.15, 0.2) is 27.1 Å². The van der Waals surface area contributed by atoms with E-state index in [0.29, 0.717) is 16.3 Å². The highest BCUT2D eigenvalue weighted by Gasteiger charge is 2.55. The molecule has 1 spiro atoms. The van der Waals surface area contributed by atoms with Crippen LogP contribution in [0.3, 0.4) is 0 Å². The van der Waals surface area contributed by atoms with Crippen molar-refractivity contribution in [2.45, 2.75) is 49.5 Å². The minimum Gasteiger partial charge on any atom is -0.489 e. The molecule has 2 aliphatic carbocycles. The van der Waals surface area contributed by atoms with E-state index >= 15 is 0 Å². The van der Waals surface area contributed by atoms with Crippen LogP contribution < -0.4 is 4.74 Å². The van der Waals surface area contributed by atoms with Crippen molar-refractivity contribution >= 4 is 47.8 Å². The molecule has 0 amide bonds. The third-order valence-electron chi connectivity index (χ3n) is 4.63. The predicted octanol–water partition coefficient (Wildman–Crippen LogP) is 6.08. The summed E-state index contributed by atoms with van der Waals surface area (Å²) in [5, 5.41) is 0. The van der Waals surface area contributed by atoms with E-state index in [-0.39, 0.29) is 0 Å². The maximum Gasteiger partial charge on any atom is 0.134 e. The molecule has 0 saturated heterocycles. The van der Waals surface area contributed by atoms with Gasteiger partial charge in [-0.25, -0.2) is 0 Å². The van der Waals surface area contributed by atoms with E-state index in [2.05, 4.69) is 47.8 Å². The molecule has 0 bridgehead atoms. The van der Waals surface area contributed by atoms with E-state index in [1.807, 2.05) is 18.2 Å². The molecular formula is C15H17Br3O. The summed E-state index contributed by atoms with van der Waals surface area (Å²) in [4.78, 5) is 0.638. The van der Waals surface area contributed by atoms with E-state index in [0.717, 1.165) is 21.1 Å². The van der Waals surface area contributed by atoms with E-state index in [9.17, 15) is 0 Å². The molecule has 0 N–H and O–H groups in total. The van der Waals surface area contributed by atoms with Gasteiger partial charge in [-0.05, 0) is 53.4 Å². The summed E-state index contributed by atoms with van der Waals surface area (Å²) in [6, 6.07) is 6.14. The second-order valence-electron chi connectivity index (χ2n) is 5.68. The number of alkyl halides is 1. The van der Waals surface area contributed by atoms with E-state index in [4.69, 9.17) is 4.74 Å². The van der Waals surface area contributed by atoms with Crippen LogP contribution in [0.25, 0.3) is 0 Å². The normalized spacial score (nSPS) is 29.0. The Hall–Kier alpha value is 0.460. The van der Waals surface area contributed by atoms with E-state index in [1.165, 1.54) is 32.1 Å². The Morgan fingerprint density at radius 1 is 1.11 bits per heavy atom. The van der Waals surface area contributed by atoms with Gasteiger partial charge < -0.3 is 4.74 Å². The Balaban J connectivity index is 1.76. The molecule has 104 valence electrons. The van der Waals surface area contributed by atoms with Gasteiger partial charge in [0.2, 0.25) is 0 Å². The van der Waals surface area contributed by atoms with Gasteiger partial charge in [-0.3, -0.25) is 0 Å². The number of halogens is 3. The molecule has 2 fully saturated rings. The Morgan fingerprint density at radius 2 is 1.84 bits per heavy atom. The minimum atomic E-state index is 0.370. The zero-order valence-electron chi connectivity index (χ0n) is 10.7. The number of ether oxygens (including phenoxy) is 1. The van der Waals surface area contributed by atoms with Gasteiger partial charge >= 0.3 is 0 Å². The van der Waals surface area contributed by atoms with Crippen LogP contribution in [-0.2, 0) is 0 Å².